The van der Waals surface area contributed by atoms with Crippen LogP contribution in [0.15, 0.2) is 0 Å². The monoisotopic (exact) mass is 115 g/mol. The van der Waals surface area contributed by atoms with Crippen molar-refractivity contribution in [3.8, 4) is 0 Å². The Labute approximate surface area is 49.1 Å². The van der Waals surface area contributed by atoms with Gasteiger partial charge in [-0.15, -0.1) is 0 Å². The first-order valence-electron chi connectivity index (χ1n) is 2.90. The minimum Gasteiger partial charge on any atom is -0.394 e. The van der Waals surface area contributed by atoms with Gasteiger partial charge in [-0.3, -0.25) is 0 Å². The van der Waals surface area contributed by atoms with Crippen LogP contribution in [0.3, 0.4) is 0 Å². The maximum absolute atomic E-state index is 8.88. The number of hydrogen-bond donors (Lipinski definition) is 2. The van der Waals surface area contributed by atoms with E-state index in [1.54, 1.807) is 0 Å². The Balaban J connectivity index is 2.18. The van der Waals surface area contributed by atoms with Gasteiger partial charge in [0.25, 0.3) is 0 Å². The summed E-state index contributed by atoms with van der Waals surface area (Å²) in [7, 11) is 0. The smallest absolute Gasteiger partial charge is 0.0836 e. The van der Waals surface area contributed by atoms with Crippen LogP contribution < -0.4 is 0 Å². The van der Waals surface area contributed by atoms with Crippen LogP contribution in [0, 0.1) is 11.8 Å². The Morgan fingerprint density at radius 3 is 2.50 bits per heavy atom. The molecule has 1 radical (unpaired) electrons. The second kappa shape index (κ2) is 2.03. The zero-order valence-electron chi connectivity index (χ0n) is 4.96. The molecule has 47 valence electrons. The van der Waals surface area contributed by atoms with Gasteiger partial charge in [-0.2, -0.15) is 0 Å². The highest BCUT2D eigenvalue weighted by atomic mass is 16.3. The van der Waals surface area contributed by atoms with Crippen LogP contribution in [0.2, 0.25) is 0 Å². The Hall–Kier alpha value is -0.0800. The molecular formula is C6H11O2. The molecule has 2 atom stereocenters. The van der Waals surface area contributed by atoms with Gasteiger partial charge in [0.2, 0.25) is 0 Å². The van der Waals surface area contributed by atoms with Crippen molar-refractivity contribution in [2.45, 2.75) is 19.4 Å². The predicted octanol–water partition coefficient (Wildman–Crippen LogP) is -0.0461. The summed E-state index contributed by atoms with van der Waals surface area (Å²) in [4.78, 5) is 0. The summed E-state index contributed by atoms with van der Waals surface area (Å²) in [5.74, 6) is 1.66. The number of hydrogen-bond acceptors (Lipinski definition) is 2. The fourth-order valence-corrected chi connectivity index (χ4v) is 0.876. The Morgan fingerprint density at radius 2 is 2.38 bits per heavy atom. The van der Waals surface area contributed by atoms with Crippen molar-refractivity contribution < 1.29 is 10.2 Å². The van der Waals surface area contributed by atoms with Gasteiger partial charge >= 0.3 is 0 Å². The van der Waals surface area contributed by atoms with E-state index in [1.807, 2.05) is 6.92 Å². The van der Waals surface area contributed by atoms with Crippen molar-refractivity contribution in [2.75, 3.05) is 6.61 Å². The molecule has 0 amide bonds. The molecule has 0 spiro atoms. The van der Waals surface area contributed by atoms with Crippen molar-refractivity contribution in [2.24, 2.45) is 5.92 Å². The van der Waals surface area contributed by atoms with E-state index in [0.29, 0.717) is 5.92 Å². The topological polar surface area (TPSA) is 40.5 Å². The first kappa shape index (κ1) is 6.05. The summed E-state index contributed by atoms with van der Waals surface area (Å²) in [6, 6.07) is 0. The fourth-order valence-electron chi connectivity index (χ4n) is 0.876. The minimum absolute atomic E-state index is 0.111. The average molecular weight is 115 g/mol. The highest BCUT2D eigenvalue weighted by Crippen LogP contribution is 2.42. The molecule has 0 aromatic carbocycles. The highest BCUT2D eigenvalue weighted by Gasteiger charge is 2.38. The van der Waals surface area contributed by atoms with Crippen molar-refractivity contribution in [1.29, 1.82) is 0 Å². The molecule has 2 nitrogen and oxygen atoms in total. The number of rotatable bonds is 2. The summed E-state index contributed by atoms with van der Waals surface area (Å²) < 4.78 is 0. The van der Waals surface area contributed by atoms with Gasteiger partial charge in [0.1, 0.15) is 0 Å². The van der Waals surface area contributed by atoms with Crippen LogP contribution in [0.25, 0.3) is 0 Å². The molecule has 1 fully saturated rings. The first-order valence-corrected chi connectivity index (χ1v) is 2.90. The zero-order valence-corrected chi connectivity index (χ0v) is 4.96. The van der Waals surface area contributed by atoms with Gasteiger partial charge in [0, 0.05) is 5.92 Å². The molecule has 0 bridgehead atoms. The average Bonchev–Trinajstić information content (AvgIpc) is 2.45. The summed E-state index contributed by atoms with van der Waals surface area (Å²) in [5.41, 5.74) is 0. The summed E-state index contributed by atoms with van der Waals surface area (Å²) in [6.07, 6.45) is 0.465. The van der Waals surface area contributed by atoms with Crippen LogP contribution in [0.1, 0.15) is 13.3 Å². The lowest BCUT2D eigenvalue weighted by Crippen LogP contribution is -2.13. The minimum atomic E-state index is -0.537. The van der Waals surface area contributed by atoms with Crippen molar-refractivity contribution in [3.05, 3.63) is 5.92 Å². The van der Waals surface area contributed by atoms with E-state index in [4.69, 9.17) is 10.2 Å². The van der Waals surface area contributed by atoms with E-state index < -0.39 is 6.10 Å². The van der Waals surface area contributed by atoms with Crippen molar-refractivity contribution >= 4 is 0 Å². The second-order valence-corrected chi connectivity index (χ2v) is 2.38. The van der Waals surface area contributed by atoms with Gasteiger partial charge < -0.3 is 10.2 Å². The molecule has 1 aliphatic carbocycles. The van der Waals surface area contributed by atoms with Crippen LogP contribution in [-0.4, -0.2) is 22.9 Å². The summed E-state index contributed by atoms with van der Waals surface area (Å²) in [5, 5.41) is 17.3. The Bertz CT molecular complexity index is 80.6. The van der Waals surface area contributed by atoms with E-state index in [1.165, 1.54) is 0 Å². The molecule has 1 saturated carbocycles. The summed E-state index contributed by atoms with van der Waals surface area (Å²) in [6.45, 7) is 1.94. The maximum Gasteiger partial charge on any atom is 0.0836 e. The SMILES string of the molecule is CC1C[C]1C(O)CO. The van der Waals surface area contributed by atoms with Gasteiger partial charge in [-0.1, -0.05) is 6.92 Å². The zero-order chi connectivity index (χ0) is 6.15. The van der Waals surface area contributed by atoms with Crippen LogP contribution in [-0.2, 0) is 0 Å². The van der Waals surface area contributed by atoms with Gasteiger partial charge in [0.15, 0.2) is 0 Å². The van der Waals surface area contributed by atoms with Crippen LogP contribution in [0.4, 0.5) is 0 Å². The van der Waals surface area contributed by atoms with E-state index >= 15 is 0 Å². The quantitative estimate of drug-likeness (QED) is 0.530. The molecule has 0 aromatic rings. The molecule has 0 aromatic heterocycles. The van der Waals surface area contributed by atoms with Crippen LogP contribution in [0.5, 0.6) is 0 Å². The lowest BCUT2D eigenvalue weighted by Gasteiger charge is -2.01. The molecule has 2 N–H and O–H groups in total. The Kier molecular flexibility index (Phi) is 1.54. The maximum atomic E-state index is 8.88. The molecule has 0 saturated heterocycles. The molecule has 2 heteroatoms. The molecule has 0 aliphatic heterocycles. The third kappa shape index (κ3) is 1.01. The normalized spacial score (nSPS) is 32.6. The third-order valence-electron chi connectivity index (χ3n) is 1.62. The number of aliphatic hydroxyl groups excluding tert-OH is 2. The van der Waals surface area contributed by atoms with E-state index in [9.17, 15) is 0 Å². The van der Waals surface area contributed by atoms with E-state index in [-0.39, 0.29) is 6.61 Å². The molecule has 2 unspecified atom stereocenters. The van der Waals surface area contributed by atoms with Crippen molar-refractivity contribution in [1.82, 2.24) is 0 Å². The predicted molar refractivity (Wildman–Crippen MR) is 30.1 cm³/mol. The fraction of sp³-hybridized carbons (Fsp3) is 0.833. The lowest BCUT2D eigenvalue weighted by atomic mass is 10.2. The second-order valence-electron chi connectivity index (χ2n) is 2.38. The van der Waals surface area contributed by atoms with Gasteiger partial charge in [-0.25, -0.2) is 0 Å². The molecule has 1 rings (SSSR count). The highest BCUT2D eigenvalue weighted by molar-refractivity contribution is 5.16. The van der Waals surface area contributed by atoms with E-state index in [0.717, 1.165) is 12.3 Å². The van der Waals surface area contributed by atoms with Gasteiger partial charge in [0.05, 0.1) is 12.7 Å². The Morgan fingerprint density at radius 1 is 1.88 bits per heavy atom. The standard InChI is InChI=1S/C6H11O2/c1-4-2-5(4)6(8)3-7/h4,6-8H,2-3H2,1H3. The third-order valence-corrected chi connectivity index (χ3v) is 1.62. The molecule has 0 heterocycles. The first-order chi connectivity index (χ1) is 3.75. The number of aliphatic hydroxyl groups is 2. The largest absolute Gasteiger partial charge is 0.394 e. The summed E-state index contributed by atoms with van der Waals surface area (Å²) >= 11 is 0. The molecule has 8 heavy (non-hydrogen) atoms. The molecular weight excluding hydrogens is 104 g/mol. The lowest BCUT2D eigenvalue weighted by molar-refractivity contribution is 0.113. The van der Waals surface area contributed by atoms with Gasteiger partial charge in [-0.05, 0) is 12.3 Å². The van der Waals surface area contributed by atoms with Crippen molar-refractivity contribution in [3.63, 3.8) is 0 Å². The van der Waals surface area contributed by atoms with Crippen LogP contribution >= 0.6 is 0 Å². The molecule has 1 aliphatic rings. The van der Waals surface area contributed by atoms with E-state index in [2.05, 4.69) is 0 Å².